The zero-order chi connectivity index (χ0) is 17.9. The van der Waals surface area contributed by atoms with Crippen LogP contribution in [0.3, 0.4) is 0 Å². The summed E-state index contributed by atoms with van der Waals surface area (Å²) >= 11 is 2.42. The van der Waals surface area contributed by atoms with E-state index in [9.17, 15) is 13.2 Å². The second-order valence-electron chi connectivity index (χ2n) is 5.78. The predicted molar refractivity (Wildman–Crippen MR) is 93.1 cm³/mol. The summed E-state index contributed by atoms with van der Waals surface area (Å²) in [5, 5.41) is 0. The van der Waals surface area contributed by atoms with Crippen LogP contribution in [-0.4, -0.2) is 21.8 Å². The second kappa shape index (κ2) is 7.45. The van der Waals surface area contributed by atoms with Crippen LogP contribution in [0.5, 0.6) is 0 Å². The molecule has 5 heteroatoms. The summed E-state index contributed by atoms with van der Waals surface area (Å²) in [6, 6.07) is 21.1. The maximum atomic E-state index is 12.7. The van der Waals surface area contributed by atoms with Crippen LogP contribution in [-0.2, 0) is 12.6 Å². The van der Waals surface area contributed by atoms with E-state index in [0.717, 1.165) is 33.4 Å². The molecule has 2 aromatic carbocycles. The summed E-state index contributed by atoms with van der Waals surface area (Å²) in [6.45, 7) is 0. The normalized spacial score (nSPS) is 12.8. The molecule has 0 aliphatic carbocycles. The average molecular weight is 401 g/mol. The van der Waals surface area contributed by atoms with Gasteiger partial charge in [-0.25, -0.2) is 0 Å². The molecule has 0 N–H and O–H groups in total. The number of pyridine rings is 1. The van der Waals surface area contributed by atoms with E-state index < -0.39 is 11.7 Å². The van der Waals surface area contributed by atoms with E-state index in [-0.39, 0.29) is 5.92 Å². The number of benzene rings is 2. The predicted octanol–water partition coefficient (Wildman–Crippen LogP) is 4.27. The maximum absolute atomic E-state index is 12.7. The fourth-order valence-electron chi connectivity index (χ4n) is 2.78. The minimum atomic E-state index is -4.31. The van der Waals surface area contributed by atoms with Crippen molar-refractivity contribution in [2.45, 2.75) is 18.5 Å². The Labute approximate surface area is 153 Å². The molecular formula is C20H15AsF3N. The first-order valence-electron chi connectivity index (χ1n) is 7.80. The third-order valence-electron chi connectivity index (χ3n) is 4.04. The van der Waals surface area contributed by atoms with Crippen LogP contribution in [0.4, 0.5) is 13.2 Å². The van der Waals surface area contributed by atoms with E-state index in [2.05, 4.69) is 21.8 Å². The molecule has 25 heavy (non-hydrogen) atoms. The van der Waals surface area contributed by atoms with Crippen LogP contribution >= 0.6 is 0 Å². The molecule has 1 heterocycles. The van der Waals surface area contributed by atoms with Gasteiger partial charge in [0.1, 0.15) is 0 Å². The number of rotatable bonds is 4. The first kappa shape index (κ1) is 17.8. The van der Waals surface area contributed by atoms with Crippen LogP contribution in [0, 0.1) is 0 Å². The fourth-order valence-corrected chi connectivity index (χ4v) is 3.20. The van der Waals surface area contributed by atoms with Crippen molar-refractivity contribution >= 4 is 21.3 Å². The Hall–Kier alpha value is -2.06. The van der Waals surface area contributed by atoms with Crippen LogP contribution in [0.25, 0.3) is 0 Å². The Bertz CT molecular complexity index is 830. The monoisotopic (exact) mass is 401 g/mol. The average Bonchev–Trinajstić information content (AvgIpc) is 2.60. The Morgan fingerprint density at radius 2 is 1.52 bits per heavy atom. The minimum absolute atomic E-state index is 0.0120. The number of nitrogens with zero attached hydrogens (tertiary/aromatic N) is 1. The zero-order valence-corrected chi connectivity index (χ0v) is 15.1. The van der Waals surface area contributed by atoms with Gasteiger partial charge in [0.05, 0.1) is 0 Å². The van der Waals surface area contributed by atoms with E-state index in [1.165, 1.54) is 0 Å². The summed E-state index contributed by atoms with van der Waals surface area (Å²) in [5.74, 6) is -0.0120. The van der Waals surface area contributed by atoms with Gasteiger partial charge in [0.25, 0.3) is 0 Å². The number of hydrogen-bond acceptors (Lipinski definition) is 1. The molecule has 0 aliphatic heterocycles. The fraction of sp³-hybridized carbons (Fsp3) is 0.150. The third-order valence-corrected chi connectivity index (χ3v) is 4.56. The number of aromatic nitrogens is 1. The zero-order valence-electron chi connectivity index (χ0n) is 13.2. The van der Waals surface area contributed by atoms with E-state index >= 15 is 0 Å². The summed E-state index contributed by atoms with van der Waals surface area (Å²) in [4.78, 5) is 4.60. The van der Waals surface area contributed by atoms with Gasteiger partial charge >= 0.3 is 153 Å². The molecule has 2 radical (unpaired) electrons. The van der Waals surface area contributed by atoms with Crippen LogP contribution in [0.15, 0.2) is 72.8 Å². The van der Waals surface area contributed by atoms with Crippen molar-refractivity contribution in [2.75, 3.05) is 0 Å². The SMILES string of the molecule is FC(F)(F)c1ccc(CC(c2ccccc2)c2cccc([As])n2)cc1. The quantitative estimate of drug-likeness (QED) is 0.596. The van der Waals surface area contributed by atoms with Crippen molar-refractivity contribution in [3.05, 3.63) is 95.2 Å². The molecule has 3 aromatic rings. The molecule has 0 aliphatic rings. The second-order valence-corrected chi connectivity index (χ2v) is 6.74. The van der Waals surface area contributed by atoms with Crippen molar-refractivity contribution in [2.24, 2.45) is 0 Å². The summed E-state index contributed by atoms with van der Waals surface area (Å²) < 4.78 is 39.1. The molecular weight excluding hydrogens is 386 g/mol. The Kier molecular flexibility index (Phi) is 5.29. The molecule has 126 valence electrons. The molecule has 0 fully saturated rings. The van der Waals surface area contributed by atoms with Crippen molar-refractivity contribution in [1.82, 2.24) is 4.98 Å². The molecule has 0 saturated carbocycles. The molecule has 3 rings (SSSR count). The summed E-state index contributed by atoms with van der Waals surface area (Å²) in [7, 11) is 0. The first-order chi connectivity index (χ1) is 11.9. The Morgan fingerprint density at radius 3 is 2.12 bits per heavy atom. The van der Waals surface area contributed by atoms with Gasteiger partial charge in [-0.15, -0.1) is 0 Å². The molecule has 0 amide bonds. The summed E-state index contributed by atoms with van der Waals surface area (Å²) in [5.41, 5.74) is 2.22. The summed E-state index contributed by atoms with van der Waals surface area (Å²) in [6.07, 6.45) is -3.72. The van der Waals surface area contributed by atoms with Crippen LogP contribution < -0.4 is 4.48 Å². The van der Waals surface area contributed by atoms with E-state index in [1.54, 1.807) is 12.1 Å². The molecule has 1 nitrogen and oxygen atoms in total. The molecule has 1 unspecified atom stereocenters. The van der Waals surface area contributed by atoms with Crippen LogP contribution in [0.2, 0.25) is 0 Å². The van der Waals surface area contributed by atoms with Crippen molar-refractivity contribution in [3.8, 4) is 0 Å². The van der Waals surface area contributed by atoms with Gasteiger partial charge in [-0.2, -0.15) is 0 Å². The van der Waals surface area contributed by atoms with Gasteiger partial charge in [-0.1, -0.05) is 0 Å². The van der Waals surface area contributed by atoms with Gasteiger partial charge in [0.2, 0.25) is 0 Å². The molecule has 0 bridgehead atoms. The van der Waals surface area contributed by atoms with Crippen molar-refractivity contribution in [3.63, 3.8) is 0 Å². The first-order valence-corrected chi connectivity index (χ1v) is 8.74. The molecule has 0 spiro atoms. The van der Waals surface area contributed by atoms with Gasteiger partial charge in [-0.3, -0.25) is 0 Å². The number of alkyl halides is 3. The van der Waals surface area contributed by atoms with E-state index in [0.29, 0.717) is 6.42 Å². The standard InChI is InChI=1S/C20H15AsF3N/c21-19-8-4-7-18(25-19)17(15-5-2-1-3-6-15)13-14-9-11-16(12-10-14)20(22,23)24/h1-12,17H,13H2. The third kappa shape index (κ3) is 4.52. The number of hydrogen-bond donors (Lipinski definition) is 0. The van der Waals surface area contributed by atoms with Gasteiger partial charge in [0, 0.05) is 0 Å². The van der Waals surface area contributed by atoms with Gasteiger partial charge < -0.3 is 0 Å². The van der Waals surface area contributed by atoms with E-state index in [4.69, 9.17) is 0 Å². The topological polar surface area (TPSA) is 12.9 Å². The molecule has 1 aromatic heterocycles. The number of halogens is 3. The Morgan fingerprint density at radius 1 is 0.840 bits per heavy atom. The van der Waals surface area contributed by atoms with E-state index in [1.807, 2.05) is 48.5 Å². The molecule has 0 saturated heterocycles. The van der Waals surface area contributed by atoms with Crippen molar-refractivity contribution in [1.29, 1.82) is 0 Å². The van der Waals surface area contributed by atoms with Crippen LogP contribution in [0.1, 0.15) is 28.3 Å². The molecule has 1 atom stereocenters. The van der Waals surface area contributed by atoms with Crippen molar-refractivity contribution < 1.29 is 13.2 Å². The van der Waals surface area contributed by atoms with Gasteiger partial charge in [0.15, 0.2) is 0 Å². The Balaban J connectivity index is 1.93. The van der Waals surface area contributed by atoms with Gasteiger partial charge in [-0.05, 0) is 0 Å².